The van der Waals surface area contributed by atoms with Gasteiger partial charge < -0.3 is 15.1 Å². The zero-order valence-electron chi connectivity index (χ0n) is 13.5. The molecule has 0 radical (unpaired) electrons. The highest BCUT2D eigenvalue weighted by Gasteiger charge is 2.27. The van der Waals surface area contributed by atoms with Gasteiger partial charge >= 0.3 is 0 Å². The first-order chi connectivity index (χ1) is 11.7. The Morgan fingerprint density at radius 2 is 1.75 bits per heavy atom. The maximum atomic E-state index is 13.9. The van der Waals surface area contributed by atoms with E-state index >= 15 is 0 Å². The SMILES string of the molecule is Fc1ccc(N2CCN(CC3CCNC3)c3ccc(F)cc32)cc1. The highest BCUT2D eigenvalue weighted by atomic mass is 19.1. The molecule has 2 heterocycles. The van der Waals surface area contributed by atoms with Gasteiger partial charge in [0, 0.05) is 25.3 Å². The average molecular weight is 329 g/mol. The molecule has 0 saturated carbocycles. The van der Waals surface area contributed by atoms with E-state index in [1.54, 1.807) is 18.2 Å². The number of anilines is 3. The van der Waals surface area contributed by atoms with Crippen LogP contribution >= 0.6 is 0 Å². The molecule has 1 saturated heterocycles. The van der Waals surface area contributed by atoms with Crippen molar-refractivity contribution in [1.82, 2.24) is 5.32 Å². The van der Waals surface area contributed by atoms with Crippen LogP contribution in [0.15, 0.2) is 42.5 Å². The first-order valence-corrected chi connectivity index (χ1v) is 8.49. The lowest BCUT2D eigenvalue weighted by molar-refractivity contribution is 0.554. The molecular weight excluding hydrogens is 308 g/mol. The molecule has 126 valence electrons. The van der Waals surface area contributed by atoms with Gasteiger partial charge in [-0.3, -0.25) is 0 Å². The zero-order chi connectivity index (χ0) is 16.5. The van der Waals surface area contributed by atoms with Crippen LogP contribution in [0.25, 0.3) is 0 Å². The summed E-state index contributed by atoms with van der Waals surface area (Å²) in [5.41, 5.74) is 2.81. The fraction of sp³-hybridized carbons (Fsp3) is 0.368. The van der Waals surface area contributed by atoms with E-state index < -0.39 is 0 Å². The van der Waals surface area contributed by atoms with Gasteiger partial charge in [-0.2, -0.15) is 0 Å². The number of benzene rings is 2. The molecule has 24 heavy (non-hydrogen) atoms. The summed E-state index contributed by atoms with van der Waals surface area (Å²) in [5.74, 6) is 0.135. The molecule has 2 aliphatic rings. The molecule has 3 nitrogen and oxygen atoms in total. The smallest absolute Gasteiger partial charge is 0.125 e. The second-order valence-corrected chi connectivity index (χ2v) is 6.57. The Kier molecular flexibility index (Phi) is 4.10. The van der Waals surface area contributed by atoms with E-state index in [1.807, 2.05) is 6.07 Å². The number of hydrogen-bond donors (Lipinski definition) is 1. The van der Waals surface area contributed by atoms with Gasteiger partial charge in [0.15, 0.2) is 0 Å². The van der Waals surface area contributed by atoms with E-state index in [0.29, 0.717) is 5.92 Å². The van der Waals surface area contributed by atoms with Crippen molar-refractivity contribution in [3.8, 4) is 0 Å². The minimum Gasteiger partial charge on any atom is -0.368 e. The summed E-state index contributed by atoms with van der Waals surface area (Å²) in [4.78, 5) is 4.42. The van der Waals surface area contributed by atoms with Crippen LogP contribution in [0.4, 0.5) is 25.8 Å². The Morgan fingerprint density at radius 1 is 0.958 bits per heavy atom. The van der Waals surface area contributed by atoms with Gasteiger partial charge in [-0.1, -0.05) is 0 Å². The lowest BCUT2D eigenvalue weighted by atomic mass is 10.1. The van der Waals surface area contributed by atoms with Crippen LogP contribution in [0, 0.1) is 17.6 Å². The molecular formula is C19H21F2N3. The van der Waals surface area contributed by atoms with Crippen molar-refractivity contribution >= 4 is 17.1 Å². The summed E-state index contributed by atoms with van der Waals surface area (Å²) in [6.45, 7) is 4.77. The third kappa shape index (κ3) is 2.96. The van der Waals surface area contributed by atoms with Gasteiger partial charge in [0.2, 0.25) is 0 Å². The van der Waals surface area contributed by atoms with Crippen LogP contribution < -0.4 is 15.1 Å². The molecule has 0 aromatic heterocycles. The van der Waals surface area contributed by atoms with E-state index in [9.17, 15) is 8.78 Å². The van der Waals surface area contributed by atoms with E-state index in [0.717, 1.165) is 49.8 Å². The van der Waals surface area contributed by atoms with E-state index in [2.05, 4.69) is 15.1 Å². The van der Waals surface area contributed by atoms with Crippen LogP contribution in [-0.2, 0) is 0 Å². The van der Waals surface area contributed by atoms with Crippen molar-refractivity contribution in [3.63, 3.8) is 0 Å². The third-order valence-electron chi connectivity index (χ3n) is 4.94. The highest BCUT2D eigenvalue weighted by molar-refractivity contribution is 5.79. The van der Waals surface area contributed by atoms with Crippen molar-refractivity contribution in [2.45, 2.75) is 6.42 Å². The van der Waals surface area contributed by atoms with E-state index in [4.69, 9.17) is 0 Å². The molecule has 1 atom stereocenters. The molecule has 0 bridgehead atoms. The Hall–Kier alpha value is -2.14. The average Bonchev–Trinajstić information content (AvgIpc) is 3.09. The summed E-state index contributed by atoms with van der Waals surface area (Å²) in [6.07, 6.45) is 1.19. The molecule has 0 amide bonds. The van der Waals surface area contributed by atoms with Crippen LogP contribution in [0.5, 0.6) is 0 Å². The zero-order valence-corrected chi connectivity index (χ0v) is 13.5. The largest absolute Gasteiger partial charge is 0.368 e. The Labute approximate surface area is 140 Å². The molecule has 2 aromatic rings. The standard InChI is InChI=1S/C19H21F2N3/c20-15-1-4-17(5-2-15)24-10-9-23(13-14-7-8-22-12-14)18-6-3-16(21)11-19(18)24/h1-6,11,14,22H,7-10,12-13H2. The molecule has 1 fully saturated rings. The van der Waals surface area contributed by atoms with Gasteiger partial charge in [-0.05, 0) is 67.9 Å². The molecule has 1 N–H and O–H groups in total. The summed E-state index contributed by atoms with van der Waals surface area (Å²) in [6, 6.07) is 11.4. The fourth-order valence-electron chi connectivity index (χ4n) is 3.70. The van der Waals surface area contributed by atoms with Crippen LogP contribution in [0.3, 0.4) is 0 Å². The number of nitrogens with one attached hydrogen (secondary N) is 1. The number of nitrogens with zero attached hydrogens (tertiary/aromatic N) is 2. The molecule has 2 aliphatic heterocycles. The topological polar surface area (TPSA) is 18.5 Å². The summed E-state index contributed by atoms with van der Waals surface area (Å²) < 4.78 is 27.1. The molecule has 1 unspecified atom stereocenters. The summed E-state index contributed by atoms with van der Waals surface area (Å²) >= 11 is 0. The fourth-order valence-corrected chi connectivity index (χ4v) is 3.70. The minimum absolute atomic E-state index is 0.245. The van der Waals surface area contributed by atoms with Crippen LogP contribution in [0.1, 0.15) is 6.42 Å². The van der Waals surface area contributed by atoms with Crippen molar-refractivity contribution < 1.29 is 8.78 Å². The first-order valence-electron chi connectivity index (χ1n) is 8.49. The number of hydrogen-bond acceptors (Lipinski definition) is 3. The minimum atomic E-state index is -0.259. The van der Waals surface area contributed by atoms with Crippen LogP contribution in [0.2, 0.25) is 0 Å². The van der Waals surface area contributed by atoms with Crippen molar-refractivity contribution in [2.75, 3.05) is 42.5 Å². The molecule has 2 aromatic carbocycles. The second kappa shape index (κ2) is 6.40. The highest BCUT2D eigenvalue weighted by Crippen LogP contribution is 2.38. The van der Waals surface area contributed by atoms with Crippen molar-refractivity contribution in [1.29, 1.82) is 0 Å². The normalized spacial score (nSPS) is 20.3. The van der Waals surface area contributed by atoms with Gasteiger partial charge in [-0.15, -0.1) is 0 Å². The third-order valence-corrected chi connectivity index (χ3v) is 4.94. The summed E-state index contributed by atoms with van der Waals surface area (Å²) in [5, 5.41) is 3.40. The summed E-state index contributed by atoms with van der Waals surface area (Å²) in [7, 11) is 0. The number of rotatable bonds is 3. The van der Waals surface area contributed by atoms with Gasteiger partial charge in [0.25, 0.3) is 0 Å². The quantitative estimate of drug-likeness (QED) is 0.929. The molecule has 4 rings (SSSR count). The van der Waals surface area contributed by atoms with E-state index in [1.165, 1.54) is 24.6 Å². The Morgan fingerprint density at radius 3 is 2.50 bits per heavy atom. The Balaban J connectivity index is 1.66. The lowest BCUT2D eigenvalue weighted by Gasteiger charge is -2.40. The molecule has 0 aliphatic carbocycles. The maximum Gasteiger partial charge on any atom is 0.125 e. The maximum absolute atomic E-state index is 13.9. The van der Waals surface area contributed by atoms with Gasteiger partial charge in [-0.25, -0.2) is 8.78 Å². The van der Waals surface area contributed by atoms with Gasteiger partial charge in [0.05, 0.1) is 11.4 Å². The predicted octanol–water partition coefficient (Wildman–Crippen LogP) is 3.53. The monoisotopic (exact) mass is 329 g/mol. The predicted molar refractivity (Wildman–Crippen MR) is 93.0 cm³/mol. The number of fused-ring (bicyclic) bond motifs is 1. The lowest BCUT2D eigenvalue weighted by Crippen LogP contribution is -2.41. The second-order valence-electron chi connectivity index (χ2n) is 6.57. The number of halogens is 2. The molecule has 0 spiro atoms. The molecule has 5 heteroatoms. The van der Waals surface area contributed by atoms with Crippen molar-refractivity contribution in [2.24, 2.45) is 5.92 Å². The van der Waals surface area contributed by atoms with E-state index in [-0.39, 0.29) is 11.6 Å². The first kappa shape index (κ1) is 15.4. The van der Waals surface area contributed by atoms with Crippen LogP contribution in [-0.4, -0.2) is 32.7 Å². The van der Waals surface area contributed by atoms with Gasteiger partial charge in [0.1, 0.15) is 11.6 Å². The van der Waals surface area contributed by atoms with Crippen molar-refractivity contribution in [3.05, 3.63) is 54.1 Å². The Bertz CT molecular complexity index is 711.